The van der Waals surface area contributed by atoms with E-state index in [9.17, 15) is 13.2 Å². The van der Waals surface area contributed by atoms with Gasteiger partial charge in [0.25, 0.3) is 0 Å². The summed E-state index contributed by atoms with van der Waals surface area (Å²) in [6.07, 6.45) is 6.98. The average molecular weight is 404 g/mol. The molecule has 5 heteroatoms. The summed E-state index contributed by atoms with van der Waals surface area (Å²) in [4.78, 5) is 0. The monoisotopic (exact) mass is 404 g/mol. The second-order valence-corrected chi connectivity index (χ2v) is 7.45. The first-order valence-electron chi connectivity index (χ1n) is 10.2. The Kier molecular flexibility index (Phi) is 7.37. The van der Waals surface area contributed by atoms with Crippen LogP contribution < -0.4 is 4.74 Å². The third-order valence-electron chi connectivity index (χ3n) is 5.41. The molecule has 0 aliphatic carbocycles. The number of benzene rings is 2. The lowest BCUT2D eigenvalue weighted by molar-refractivity contribution is -0.00193. The van der Waals surface area contributed by atoms with E-state index in [0.717, 1.165) is 37.7 Å². The molecule has 1 aliphatic heterocycles. The summed E-state index contributed by atoms with van der Waals surface area (Å²) in [7, 11) is 0. The van der Waals surface area contributed by atoms with Gasteiger partial charge in [-0.2, -0.15) is 4.39 Å². The van der Waals surface area contributed by atoms with Crippen molar-refractivity contribution in [1.29, 1.82) is 0 Å². The number of rotatable bonds is 8. The van der Waals surface area contributed by atoms with Gasteiger partial charge in [0.1, 0.15) is 12.4 Å². The molecule has 29 heavy (non-hydrogen) atoms. The molecule has 2 nitrogen and oxygen atoms in total. The van der Waals surface area contributed by atoms with Gasteiger partial charge in [0.05, 0.1) is 12.7 Å². The highest BCUT2D eigenvalue weighted by Gasteiger charge is 2.24. The molecule has 3 rings (SSSR count). The summed E-state index contributed by atoms with van der Waals surface area (Å²) < 4.78 is 54.5. The van der Waals surface area contributed by atoms with Crippen LogP contribution in [0.1, 0.15) is 50.5 Å². The Balaban J connectivity index is 1.75. The summed E-state index contributed by atoms with van der Waals surface area (Å²) in [5.41, 5.74) is 0.724. The molecular formula is C24H27F3O2. The van der Waals surface area contributed by atoms with E-state index in [1.54, 1.807) is 6.07 Å². The summed E-state index contributed by atoms with van der Waals surface area (Å²) in [6, 6.07) is 7.33. The highest BCUT2D eigenvalue weighted by molar-refractivity contribution is 5.66. The number of halogens is 3. The zero-order valence-corrected chi connectivity index (χ0v) is 16.7. The predicted molar refractivity (Wildman–Crippen MR) is 109 cm³/mol. The van der Waals surface area contributed by atoms with Crippen molar-refractivity contribution in [3.63, 3.8) is 0 Å². The van der Waals surface area contributed by atoms with Gasteiger partial charge in [-0.1, -0.05) is 44.6 Å². The second-order valence-electron chi connectivity index (χ2n) is 7.45. The average Bonchev–Trinajstić information content (AvgIpc) is 2.74. The van der Waals surface area contributed by atoms with Crippen LogP contribution in [0.5, 0.6) is 5.75 Å². The van der Waals surface area contributed by atoms with E-state index < -0.39 is 17.5 Å². The molecular weight excluding hydrogens is 377 g/mol. The maximum Gasteiger partial charge on any atom is 0.201 e. The molecule has 0 radical (unpaired) electrons. The van der Waals surface area contributed by atoms with Crippen LogP contribution in [0.4, 0.5) is 13.2 Å². The highest BCUT2D eigenvalue weighted by Crippen LogP contribution is 2.35. The number of hydrogen-bond donors (Lipinski definition) is 0. The third kappa shape index (κ3) is 5.02. The fraction of sp³-hybridized carbons (Fsp3) is 0.417. The lowest BCUT2D eigenvalue weighted by Crippen LogP contribution is -2.24. The topological polar surface area (TPSA) is 18.5 Å². The van der Waals surface area contributed by atoms with E-state index in [1.165, 1.54) is 30.3 Å². The van der Waals surface area contributed by atoms with Gasteiger partial charge in [-0.25, -0.2) is 8.78 Å². The Hall–Kier alpha value is -2.27. The Morgan fingerprint density at radius 1 is 1.10 bits per heavy atom. The molecule has 2 atom stereocenters. The first-order chi connectivity index (χ1) is 14.0. The molecule has 1 heterocycles. The van der Waals surface area contributed by atoms with Crippen molar-refractivity contribution in [2.45, 2.75) is 51.0 Å². The number of hydrogen-bond acceptors (Lipinski definition) is 2. The van der Waals surface area contributed by atoms with Crippen LogP contribution in [0.15, 0.2) is 43.0 Å². The van der Waals surface area contributed by atoms with Crippen LogP contribution in [0.25, 0.3) is 11.1 Å². The zero-order chi connectivity index (χ0) is 20.8. The van der Waals surface area contributed by atoms with Crippen molar-refractivity contribution in [2.24, 2.45) is 0 Å². The van der Waals surface area contributed by atoms with E-state index in [1.807, 2.05) is 0 Å². The second kappa shape index (κ2) is 9.97. The van der Waals surface area contributed by atoms with Gasteiger partial charge in [-0.05, 0) is 43.0 Å². The Labute approximate surface area is 170 Å². The van der Waals surface area contributed by atoms with Gasteiger partial charge >= 0.3 is 0 Å². The summed E-state index contributed by atoms with van der Waals surface area (Å²) in [5.74, 6) is -2.94. The molecule has 0 bridgehead atoms. The van der Waals surface area contributed by atoms with Gasteiger partial charge < -0.3 is 9.47 Å². The maximum atomic E-state index is 14.8. The summed E-state index contributed by atoms with van der Waals surface area (Å²) in [5, 5.41) is 0. The smallest absolute Gasteiger partial charge is 0.201 e. The predicted octanol–water partition coefficient (Wildman–Crippen LogP) is 6.79. The molecule has 156 valence electrons. The van der Waals surface area contributed by atoms with Gasteiger partial charge in [0.2, 0.25) is 5.82 Å². The van der Waals surface area contributed by atoms with E-state index in [-0.39, 0.29) is 35.5 Å². The Morgan fingerprint density at radius 3 is 2.55 bits per heavy atom. The quantitative estimate of drug-likeness (QED) is 0.451. The molecule has 2 aromatic rings. The van der Waals surface area contributed by atoms with Crippen LogP contribution in [-0.2, 0) is 4.74 Å². The molecule has 0 amide bonds. The van der Waals surface area contributed by atoms with Gasteiger partial charge in [-0.3, -0.25) is 0 Å². The number of unbranched alkanes of at least 4 members (excludes halogenated alkanes) is 1. The highest BCUT2D eigenvalue weighted by atomic mass is 19.2. The molecule has 0 aromatic heterocycles. The van der Waals surface area contributed by atoms with Crippen molar-refractivity contribution in [3.8, 4) is 16.9 Å². The van der Waals surface area contributed by atoms with Crippen molar-refractivity contribution in [2.75, 3.05) is 13.2 Å². The Bertz CT molecular complexity index is 842. The fourth-order valence-electron chi connectivity index (χ4n) is 3.73. The standard InChI is InChI=1S/C24H27F3O2/c1-3-5-6-18-9-7-17(15-29-18)16-8-10-19(21(25)14-16)20-11-12-22(28-13-4-2)24(27)23(20)26/h4,8,10-12,14,17-18H,2-3,5-7,9,13,15H2,1H3. The lowest BCUT2D eigenvalue weighted by Gasteiger charge is -2.29. The maximum absolute atomic E-state index is 14.8. The molecule has 1 fully saturated rings. The van der Waals surface area contributed by atoms with Crippen molar-refractivity contribution < 1.29 is 22.6 Å². The van der Waals surface area contributed by atoms with Crippen LogP contribution in [0.2, 0.25) is 0 Å². The zero-order valence-electron chi connectivity index (χ0n) is 16.7. The van der Waals surface area contributed by atoms with Gasteiger partial charge in [0, 0.05) is 17.0 Å². The van der Waals surface area contributed by atoms with Crippen LogP contribution in [0, 0.1) is 17.5 Å². The molecule has 1 saturated heterocycles. The summed E-state index contributed by atoms with van der Waals surface area (Å²) >= 11 is 0. The molecule has 0 saturated carbocycles. The van der Waals surface area contributed by atoms with E-state index in [4.69, 9.17) is 9.47 Å². The van der Waals surface area contributed by atoms with Crippen molar-refractivity contribution in [1.82, 2.24) is 0 Å². The van der Waals surface area contributed by atoms with Crippen molar-refractivity contribution in [3.05, 3.63) is 66.0 Å². The SMILES string of the molecule is C=CCOc1ccc(-c2ccc(C3CCC(CCCC)OC3)cc2F)c(F)c1F. The minimum atomic E-state index is -1.13. The first-order valence-corrected chi connectivity index (χ1v) is 10.2. The largest absolute Gasteiger partial charge is 0.486 e. The van der Waals surface area contributed by atoms with E-state index in [2.05, 4.69) is 13.5 Å². The third-order valence-corrected chi connectivity index (χ3v) is 5.41. The molecule has 0 spiro atoms. The molecule has 0 N–H and O–H groups in total. The Morgan fingerprint density at radius 2 is 1.90 bits per heavy atom. The van der Waals surface area contributed by atoms with Gasteiger partial charge in [0.15, 0.2) is 11.6 Å². The van der Waals surface area contributed by atoms with E-state index in [0.29, 0.717) is 6.61 Å². The van der Waals surface area contributed by atoms with Crippen LogP contribution in [-0.4, -0.2) is 19.3 Å². The molecule has 2 aromatic carbocycles. The number of ether oxygens (including phenoxy) is 2. The van der Waals surface area contributed by atoms with Gasteiger partial charge in [-0.15, -0.1) is 0 Å². The van der Waals surface area contributed by atoms with Crippen LogP contribution >= 0.6 is 0 Å². The summed E-state index contributed by atoms with van der Waals surface area (Å²) in [6.45, 7) is 6.25. The molecule has 2 unspecified atom stereocenters. The van der Waals surface area contributed by atoms with E-state index >= 15 is 0 Å². The fourth-order valence-corrected chi connectivity index (χ4v) is 3.73. The minimum Gasteiger partial charge on any atom is -0.486 e. The molecule has 1 aliphatic rings. The van der Waals surface area contributed by atoms with Crippen molar-refractivity contribution >= 4 is 0 Å². The minimum absolute atomic E-state index is 0.0259. The first kappa shape index (κ1) is 21.4. The van der Waals surface area contributed by atoms with Crippen LogP contribution in [0.3, 0.4) is 0 Å². The lowest BCUT2D eigenvalue weighted by atomic mass is 9.89. The normalized spacial score (nSPS) is 19.2.